The molecule has 1 unspecified atom stereocenters. The summed E-state index contributed by atoms with van der Waals surface area (Å²) >= 11 is 0. The summed E-state index contributed by atoms with van der Waals surface area (Å²) in [5.74, 6) is -1.22. The fourth-order valence-electron chi connectivity index (χ4n) is 3.41. The molecule has 0 aliphatic carbocycles. The molecule has 0 aromatic heterocycles. The number of benzene rings is 1. The molecular weight excluding hydrogens is 318 g/mol. The summed E-state index contributed by atoms with van der Waals surface area (Å²) in [4.78, 5) is 27.3. The van der Waals surface area contributed by atoms with Gasteiger partial charge < -0.3 is 10.4 Å². The molecule has 0 saturated carbocycles. The second-order valence-corrected chi connectivity index (χ2v) is 6.66. The minimum atomic E-state index is -1.01. The van der Waals surface area contributed by atoms with Crippen molar-refractivity contribution in [2.75, 3.05) is 32.7 Å². The smallest absolute Gasteiger partial charge is 0.322 e. The number of hydrogen-bond donors (Lipinski definition) is 2. The van der Waals surface area contributed by atoms with Gasteiger partial charge in [-0.05, 0) is 37.9 Å². The highest BCUT2D eigenvalue weighted by Crippen LogP contribution is 2.18. The van der Waals surface area contributed by atoms with Gasteiger partial charge in [-0.15, -0.1) is 0 Å². The number of nitrogens with one attached hydrogen (secondary N) is 1. The van der Waals surface area contributed by atoms with Gasteiger partial charge in [0.05, 0.1) is 6.54 Å². The van der Waals surface area contributed by atoms with Crippen molar-refractivity contribution in [3.05, 3.63) is 35.9 Å². The second kappa shape index (κ2) is 10.2. The summed E-state index contributed by atoms with van der Waals surface area (Å²) in [5, 5.41) is 11.2. The molecule has 0 bridgehead atoms. The van der Waals surface area contributed by atoms with E-state index in [2.05, 4.69) is 46.3 Å². The zero-order valence-corrected chi connectivity index (χ0v) is 15.0. The van der Waals surface area contributed by atoms with Gasteiger partial charge in [-0.2, -0.15) is 0 Å². The molecule has 1 heterocycles. The molecule has 1 amide bonds. The average Bonchev–Trinajstić information content (AvgIpc) is 2.61. The Labute approximate surface area is 149 Å². The highest BCUT2D eigenvalue weighted by molar-refractivity contribution is 5.82. The number of rotatable bonds is 9. The highest BCUT2D eigenvalue weighted by atomic mass is 16.4. The first-order valence-corrected chi connectivity index (χ1v) is 9.07. The van der Waals surface area contributed by atoms with E-state index in [1.54, 1.807) is 0 Å². The van der Waals surface area contributed by atoms with Crippen molar-refractivity contribution in [3.63, 3.8) is 0 Å². The van der Waals surface area contributed by atoms with Gasteiger partial charge in [0.25, 0.3) is 0 Å². The van der Waals surface area contributed by atoms with E-state index in [4.69, 9.17) is 5.11 Å². The summed E-state index contributed by atoms with van der Waals surface area (Å²) in [7, 11) is 0. The standard InChI is InChI=1S/C19H29N3O3/c1-2-10-22(15-18(23)20-12-19(24)25)17-9-6-11-21(14-17)13-16-7-4-3-5-8-16/h3-5,7-8,17H,2,6,9-15H2,1H3,(H,20,23)(H,24,25). The van der Waals surface area contributed by atoms with Crippen molar-refractivity contribution >= 4 is 11.9 Å². The van der Waals surface area contributed by atoms with E-state index >= 15 is 0 Å². The van der Waals surface area contributed by atoms with Crippen LogP contribution in [-0.4, -0.2) is 65.5 Å². The lowest BCUT2D eigenvalue weighted by atomic mass is 10.0. The molecule has 0 radical (unpaired) electrons. The predicted octanol–water partition coefficient (Wildman–Crippen LogP) is 1.56. The molecule has 2 rings (SSSR count). The van der Waals surface area contributed by atoms with Crippen LogP contribution < -0.4 is 5.32 Å². The average molecular weight is 347 g/mol. The van der Waals surface area contributed by atoms with Crippen molar-refractivity contribution in [3.8, 4) is 0 Å². The van der Waals surface area contributed by atoms with Crippen LogP contribution in [0.4, 0.5) is 0 Å². The SMILES string of the molecule is CCCN(CC(=O)NCC(=O)O)C1CCCN(Cc2ccccc2)C1. The zero-order chi connectivity index (χ0) is 18.1. The van der Waals surface area contributed by atoms with Gasteiger partial charge in [0.2, 0.25) is 5.91 Å². The topological polar surface area (TPSA) is 72.9 Å². The number of hydrogen-bond acceptors (Lipinski definition) is 4. The van der Waals surface area contributed by atoms with Crippen LogP contribution in [0.2, 0.25) is 0 Å². The molecule has 0 spiro atoms. The molecule has 1 aromatic rings. The Balaban J connectivity index is 1.90. The van der Waals surface area contributed by atoms with Crippen LogP contribution in [0.3, 0.4) is 0 Å². The number of nitrogens with zero attached hydrogens (tertiary/aromatic N) is 2. The largest absolute Gasteiger partial charge is 0.480 e. The van der Waals surface area contributed by atoms with E-state index in [1.165, 1.54) is 5.56 Å². The van der Waals surface area contributed by atoms with Crippen molar-refractivity contribution in [2.45, 2.75) is 38.8 Å². The van der Waals surface area contributed by atoms with Gasteiger partial charge in [0.1, 0.15) is 6.54 Å². The maximum absolute atomic E-state index is 12.0. The van der Waals surface area contributed by atoms with Crippen LogP contribution in [0.25, 0.3) is 0 Å². The van der Waals surface area contributed by atoms with Crippen LogP contribution in [0, 0.1) is 0 Å². The van der Waals surface area contributed by atoms with E-state index < -0.39 is 5.97 Å². The van der Waals surface area contributed by atoms with E-state index in [0.717, 1.165) is 45.4 Å². The van der Waals surface area contributed by atoms with Gasteiger partial charge in [-0.1, -0.05) is 37.3 Å². The van der Waals surface area contributed by atoms with Crippen LogP contribution >= 0.6 is 0 Å². The van der Waals surface area contributed by atoms with Gasteiger partial charge in [0, 0.05) is 19.1 Å². The summed E-state index contributed by atoms with van der Waals surface area (Å²) in [6.07, 6.45) is 3.17. The summed E-state index contributed by atoms with van der Waals surface area (Å²) in [6, 6.07) is 10.8. The molecule has 1 atom stereocenters. The molecule has 1 fully saturated rings. The van der Waals surface area contributed by atoms with Crippen molar-refractivity contribution in [2.24, 2.45) is 0 Å². The fraction of sp³-hybridized carbons (Fsp3) is 0.579. The second-order valence-electron chi connectivity index (χ2n) is 6.66. The number of carboxylic acid groups (broad SMARTS) is 1. The molecule has 1 aliphatic rings. The number of carboxylic acids is 1. The maximum Gasteiger partial charge on any atom is 0.322 e. The first kappa shape index (κ1) is 19.4. The third-order valence-electron chi connectivity index (χ3n) is 4.54. The van der Waals surface area contributed by atoms with Crippen molar-refractivity contribution in [1.82, 2.24) is 15.1 Å². The molecule has 1 aromatic carbocycles. The van der Waals surface area contributed by atoms with Crippen LogP contribution in [0.15, 0.2) is 30.3 Å². The third kappa shape index (κ3) is 6.84. The van der Waals surface area contributed by atoms with E-state index in [9.17, 15) is 9.59 Å². The lowest BCUT2D eigenvalue weighted by Gasteiger charge is -2.39. The molecule has 6 nitrogen and oxygen atoms in total. The molecule has 138 valence electrons. The van der Waals surface area contributed by atoms with Gasteiger partial charge in [-0.3, -0.25) is 19.4 Å². The Morgan fingerprint density at radius 3 is 2.76 bits per heavy atom. The molecule has 1 saturated heterocycles. The normalized spacial score (nSPS) is 18.2. The first-order valence-electron chi connectivity index (χ1n) is 9.07. The van der Waals surface area contributed by atoms with Gasteiger partial charge >= 0.3 is 5.97 Å². The monoisotopic (exact) mass is 347 g/mol. The minimum Gasteiger partial charge on any atom is -0.480 e. The predicted molar refractivity (Wildman–Crippen MR) is 97.3 cm³/mol. The minimum absolute atomic E-state index is 0.212. The highest BCUT2D eigenvalue weighted by Gasteiger charge is 2.26. The Morgan fingerprint density at radius 2 is 2.08 bits per heavy atom. The number of carbonyl (C=O) groups excluding carboxylic acids is 1. The summed E-state index contributed by atoms with van der Waals surface area (Å²) in [6.45, 7) is 5.87. The number of carbonyl (C=O) groups is 2. The molecule has 6 heteroatoms. The molecule has 25 heavy (non-hydrogen) atoms. The van der Waals surface area contributed by atoms with Crippen LogP contribution in [-0.2, 0) is 16.1 Å². The third-order valence-corrected chi connectivity index (χ3v) is 4.54. The molecular formula is C19H29N3O3. The Morgan fingerprint density at radius 1 is 1.32 bits per heavy atom. The van der Waals surface area contributed by atoms with Gasteiger partial charge in [0.15, 0.2) is 0 Å². The quantitative estimate of drug-likeness (QED) is 0.709. The maximum atomic E-state index is 12.0. The van der Waals surface area contributed by atoms with E-state index in [0.29, 0.717) is 6.04 Å². The Kier molecular flexibility index (Phi) is 7.88. The Hall–Kier alpha value is -1.92. The van der Waals surface area contributed by atoms with E-state index in [1.807, 2.05) is 6.07 Å². The Bertz CT molecular complexity index is 550. The zero-order valence-electron chi connectivity index (χ0n) is 15.0. The lowest BCUT2D eigenvalue weighted by Crippen LogP contribution is -2.51. The van der Waals surface area contributed by atoms with E-state index in [-0.39, 0.29) is 19.0 Å². The fourth-order valence-corrected chi connectivity index (χ4v) is 3.41. The number of piperidine rings is 1. The number of aliphatic carboxylic acids is 1. The lowest BCUT2D eigenvalue weighted by molar-refractivity contribution is -0.138. The molecule has 2 N–H and O–H groups in total. The first-order chi connectivity index (χ1) is 12.1. The van der Waals surface area contributed by atoms with Crippen molar-refractivity contribution < 1.29 is 14.7 Å². The molecule has 1 aliphatic heterocycles. The number of likely N-dealkylation sites (tertiary alicyclic amines) is 1. The van der Waals surface area contributed by atoms with Crippen LogP contribution in [0.5, 0.6) is 0 Å². The van der Waals surface area contributed by atoms with Crippen molar-refractivity contribution in [1.29, 1.82) is 0 Å². The summed E-state index contributed by atoms with van der Waals surface area (Å²) < 4.78 is 0. The van der Waals surface area contributed by atoms with Crippen LogP contribution in [0.1, 0.15) is 31.7 Å². The summed E-state index contributed by atoms with van der Waals surface area (Å²) in [5.41, 5.74) is 1.31. The van der Waals surface area contributed by atoms with Gasteiger partial charge in [-0.25, -0.2) is 0 Å². The number of amides is 1.